The minimum Gasteiger partial charge on any atom is -0.491 e. The Morgan fingerprint density at radius 1 is 1.12 bits per heavy atom. The van der Waals surface area contributed by atoms with Crippen molar-refractivity contribution in [2.24, 2.45) is 0 Å². The minimum atomic E-state index is -3.67. The van der Waals surface area contributed by atoms with Crippen molar-refractivity contribution >= 4 is 21.6 Å². The topological polar surface area (TPSA) is 73.9 Å². The number of nitrogens with one attached hydrogen (secondary N) is 1. The second-order valence-corrected chi connectivity index (χ2v) is 7.66. The maximum Gasteiger partial charge on any atom is 0.240 e. The normalized spacial score (nSPS) is 13.5. The molecular formula is C17H18ClNO5S. The number of hydrogen-bond acceptors (Lipinski definition) is 5. The fraction of sp³-hybridized carbons (Fsp3) is 0.294. The van der Waals surface area contributed by atoms with Gasteiger partial charge >= 0.3 is 0 Å². The monoisotopic (exact) mass is 383 g/mol. The van der Waals surface area contributed by atoms with Crippen LogP contribution in [0, 0.1) is 6.92 Å². The number of halogens is 1. The van der Waals surface area contributed by atoms with Crippen molar-refractivity contribution in [2.45, 2.75) is 11.8 Å². The number of sulfonamides is 1. The van der Waals surface area contributed by atoms with Crippen molar-refractivity contribution in [1.82, 2.24) is 4.72 Å². The van der Waals surface area contributed by atoms with Crippen LogP contribution in [0.1, 0.15) is 5.56 Å². The molecule has 0 aliphatic carbocycles. The highest BCUT2D eigenvalue weighted by molar-refractivity contribution is 7.89. The Kier molecular flexibility index (Phi) is 5.36. The van der Waals surface area contributed by atoms with E-state index in [1.165, 1.54) is 12.1 Å². The highest BCUT2D eigenvalue weighted by Gasteiger charge is 2.19. The zero-order chi connectivity index (χ0) is 17.9. The van der Waals surface area contributed by atoms with Crippen molar-refractivity contribution < 1.29 is 22.6 Å². The standard InChI is InChI=1S/C17H18ClNO5S/c1-12-2-4-14(18)16(10-12)22-7-6-19-25(20,21)13-3-5-15-17(11-13)24-9-8-23-15/h2-5,10-11,19H,6-9H2,1H3. The van der Waals surface area contributed by atoms with Gasteiger partial charge in [0.1, 0.15) is 25.6 Å². The van der Waals surface area contributed by atoms with Gasteiger partial charge in [-0.1, -0.05) is 17.7 Å². The van der Waals surface area contributed by atoms with E-state index in [9.17, 15) is 8.42 Å². The maximum absolute atomic E-state index is 12.4. The zero-order valence-electron chi connectivity index (χ0n) is 13.6. The number of fused-ring (bicyclic) bond motifs is 1. The summed E-state index contributed by atoms with van der Waals surface area (Å²) in [6.07, 6.45) is 0. The van der Waals surface area contributed by atoms with Gasteiger partial charge < -0.3 is 14.2 Å². The SMILES string of the molecule is Cc1ccc(Cl)c(OCCNS(=O)(=O)c2ccc3c(c2)OCCO3)c1. The van der Waals surface area contributed by atoms with Crippen LogP contribution in [-0.4, -0.2) is 34.8 Å². The molecule has 0 radical (unpaired) electrons. The molecule has 134 valence electrons. The van der Waals surface area contributed by atoms with Crippen LogP contribution < -0.4 is 18.9 Å². The Morgan fingerprint density at radius 3 is 2.68 bits per heavy atom. The van der Waals surface area contributed by atoms with E-state index in [0.29, 0.717) is 35.5 Å². The van der Waals surface area contributed by atoms with Crippen molar-refractivity contribution in [3.63, 3.8) is 0 Å². The summed E-state index contributed by atoms with van der Waals surface area (Å²) < 4.78 is 43.5. The third-order valence-electron chi connectivity index (χ3n) is 3.56. The van der Waals surface area contributed by atoms with Gasteiger partial charge in [-0.15, -0.1) is 0 Å². The lowest BCUT2D eigenvalue weighted by Crippen LogP contribution is -2.28. The summed E-state index contributed by atoms with van der Waals surface area (Å²) in [6.45, 7) is 3.05. The lowest BCUT2D eigenvalue weighted by molar-refractivity contribution is 0.171. The molecule has 0 saturated heterocycles. The molecular weight excluding hydrogens is 366 g/mol. The second-order valence-electron chi connectivity index (χ2n) is 5.49. The first-order valence-corrected chi connectivity index (χ1v) is 9.60. The molecule has 0 amide bonds. The van der Waals surface area contributed by atoms with E-state index < -0.39 is 10.0 Å². The van der Waals surface area contributed by atoms with Gasteiger partial charge in [0.2, 0.25) is 10.0 Å². The largest absolute Gasteiger partial charge is 0.491 e. The molecule has 6 nitrogen and oxygen atoms in total. The van der Waals surface area contributed by atoms with Crippen LogP contribution in [0.15, 0.2) is 41.3 Å². The summed E-state index contributed by atoms with van der Waals surface area (Å²) in [6, 6.07) is 9.94. The fourth-order valence-electron chi connectivity index (χ4n) is 2.33. The molecule has 0 spiro atoms. The smallest absolute Gasteiger partial charge is 0.240 e. The van der Waals surface area contributed by atoms with Gasteiger partial charge in [-0.2, -0.15) is 0 Å². The third kappa shape index (κ3) is 4.36. The van der Waals surface area contributed by atoms with E-state index in [0.717, 1.165) is 5.56 Å². The van der Waals surface area contributed by atoms with Gasteiger partial charge in [0.25, 0.3) is 0 Å². The molecule has 0 atom stereocenters. The predicted octanol–water partition coefficient (Wildman–Crippen LogP) is 2.78. The van der Waals surface area contributed by atoms with E-state index in [1.54, 1.807) is 18.2 Å². The minimum absolute atomic E-state index is 0.112. The van der Waals surface area contributed by atoms with E-state index in [2.05, 4.69) is 4.72 Å². The van der Waals surface area contributed by atoms with Crippen molar-refractivity contribution in [3.8, 4) is 17.2 Å². The number of rotatable bonds is 6. The highest BCUT2D eigenvalue weighted by Crippen LogP contribution is 2.32. The average molecular weight is 384 g/mol. The van der Waals surface area contributed by atoms with Crippen LogP contribution in [0.2, 0.25) is 5.02 Å². The van der Waals surface area contributed by atoms with Crippen LogP contribution in [0.3, 0.4) is 0 Å². The first-order chi connectivity index (χ1) is 12.0. The molecule has 25 heavy (non-hydrogen) atoms. The van der Waals surface area contributed by atoms with Gasteiger partial charge in [-0.05, 0) is 36.8 Å². The van der Waals surface area contributed by atoms with Crippen LogP contribution >= 0.6 is 11.6 Å². The number of ether oxygens (including phenoxy) is 3. The molecule has 0 unspecified atom stereocenters. The molecule has 1 aliphatic rings. The molecule has 1 heterocycles. The molecule has 0 bridgehead atoms. The number of aryl methyl sites for hydroxylation is 1. The van der Waals surface area contributed by atoms with Gasteiger partial charge in [-0.3, -0.25) is 0 Å². The zero-order valence-corrected chi connectivity index (χ0v) is 15.2. The van der Waals surface area contributed by atoms with E-state index >= 15 is 0 Å². The summed E-state index contributed by atoms with van der Waals surface area (Å²) in [5.74, 6) is 1.50. The van der Waals surface area contributed by atoms with Crippen molar-refractivity contribution in [2.75, 3.05) is 26.4 Å². The van der Waals surface area contributed by atoms with E-state index in [-0.39, 0.29) is 18.0 Å². The summed E-state index contributed by atoms with van der Waals surface area (Å²) >= 11 is 6.04. The Balaban J connectivity index is 1.59. The lowest BCUT2D eigenvalue weighted by atomic mass is 10.2. The molecule has 3 rings (SSSR count). The Labute approximate surface area is 151 Å². The summed E-state index contributed by atoms with van der Waals surface area (Å²) in [5.41, 5.74) is 1.01. The lowest BCUT2D eigenvalue weighted by Gasteiger charge is -2.19. The molecule has 8 heteroatoms. The molecule has 2 aromatic rings. The predicted molar refractivity (Wildman–Crippen MR) is 94.3 cm³/mol. The molecule has 0 fully saturated rings. The van der Waals surface area contributed by atoms with Crippen molar-refractivity contribution in [3.05, 3.63) is 47.0 Å². The Hall–Kier alpha value is -1.96. The third-order valence-corrected chi connectivity index (χ3v) is 5.33. The van der Waals surface area contributed by atoms with Gasteiger partial charge in [-0.25, -0.2) is 13.1 Å². The van der Waals surface area contributed by atoms with Gasteiger partial charge in [0.15, 0.2) is 11.5 Å². The highest BCUT2D eigenvalue weighted by atomic mass is 35.5. The second kappa shape index (κ2) is 7.51. The quantitative estimate of drug-likeness (QED) is 0.776. The van der Waals surface area contributed by atoms with Crippen LogP contribution in [0.25, 0.3) is 0 Å². The number of benzene rings is 2. The summed E-state index contributed by atoms with van der Waals surface area (Å²) in [7, 11) is -3.67. The average Bonchev–Trinajstić information content (AvgIpc) is 2.61. The number of hydrogen-bond donors (Lipinski definition) is 1. The molecule has 0 aromatic heterocycles. The van der Waals surface area contributed by atoms with Crippen LogP contribution in [0.4, 0.5) is 0 Å². The van der Waals surface area contributed by atoms with Gasteiger partial charge in [0, 0.05) is 12.6 Å². The maximum atomic E-state index is 12.4. The molecule has 1 N–H and O–H groups in total. The summed E-state index contributed by atoms with van der Waals surface area (Å²) in [4.78, 5) is 0.116. The van der Waals surface area contributed by atoms with E-state index in [4.69, 9.17) is 25.8 Å². The molecule has 0 saturated carbocycles. The summed E-state index contributed by atoms with van der Waals surface area (Å²) in [5, 5.41) is 0.486. The molecule has 2 aromatic carbocycles. The molecule has 1 aliphatic heterocycles. The fourth-order valence-corrected chi connectivity index (χ4v) is 3.53. The Morgan fingerprint density at radius 2 is 1.88 bits per heavy atom. The first kappa shape index (κ1) is 17.8. The van der Waals surface area contributed by atoms with Crippen LogP contribution in [0.5, 0.6) is 17.2 Å². The van der Waals surface area contributed by atoms with Crippen molar-refractivity contribution in [1.29, 1.82) is 0 Å². The van der Waals surface area contributed by atoms with Gasteiger partial charge in [0.05, 0.1) is 9.92 Å². The first-order valence-electron chi connectivity index (χ1n) is 7.74. The Bertz CT molecular complexity index is 869. The van der Waals surface area contributed by atoms with E-state index in [1.807, 2.05) is 13.0 Å². The van der Waals surface area contributed by atoms with Crippen LogP contribution in [-0.2, 0) is 10.0 Å².